The van der Waals surface area contributed by atoms with Gasteiger partial charge in [0, 0.05) is 0 Å². The van der Waals surface area contributed by atoms with E-state index in [-0.39, 0.29) is 0 Å². The predicted octanol–water partition coefficient (Wildman–Crippen LogP) is 2.12. The number of allylic oxidation sites excluding steroid dienone is 3. The molecule has 0 bridgehead atoms. The van der Waals surface area contributed by atoms with Crippen molar-refractivity contribution < 1.29 is 0 Å². The fourth-order valence-electron chi connectivity index (χ4n) is 0.666. The van der Waals surface area contributed by atoms with Crippen molar-refractivity contribution in [3.63, 3.8) is 0 Å². The van der Waals surface area contributed by atoms with Crippen molar-refractivity contribution >= 4 is 0 Å². The maximum Gasteiger partial charge on any atom is -0.00146 e. The Morgan fingerprint density at radius 3 is 2.70 bits per heavy atom. The minimum Gasteiger partial charge on any atom is -0.319 e. The molecule has 0 aliphatic heterocycles. The molecule has 0 aliphatic rings. The number of hydrogen-bond acceptors (Lipinski definition) is 1. The highest BCUT2D eigenvalue weighted by atomic mass is 14.8. The molecule has 58 valence electrons. The van der Waals surface area contributed by atoms with E-state index in [4.69, 9.17) is 0 Å². The maximum atomic E-state index is 3.11. The smallest absolute Gasteiger partial charge is 0.00146 e. The van der Waals surface area contributed by atoms with Gasteiger partial charge in [0.05, 0.1) is 0 Å². The molecule has 0 rings (SSSR count). The van der Waals surface area contributed by atoms with E-state index >= 15 is 0 Å². The van der Waals surface area contributed by atoms with Crippen LogP contribution in [0.25, 0.3) is 0 Å². The monoisotopic (exact) mass is 139 g/mol. The van der Waals surface area contributed by atoms with Crippen LogP contribution in [0.15, 0.2) is 23.8 Å². The van der Waals surface area contributed by atoms with Crippen molar-refractivity contribution in [2.45, 2.75) is 20.3 Å². The Morgan fingerprint density at radius 1 is 1.50 bits per heavy atom. The zero-order valence-electron chi connectivity index (χ0n) is 7.15. The van der Waals surface area contributed by atoms with Gasteiger partial charge in [-0.2, -0.15) is 0 Å². The van der Waals surface area contributed by atoms with E-state index in [9.17, 15) is 0 Å². The van der Waals surface area contributed by atoms with E-state index in [2.05, 4.69) is 24.4 Å². The van der Waals surface area contributed by atoms with E-state index in [0.717, 1.165) is 13.0 Å². The highest BCUT2D eigenvalue weighted by Gasteiger charge is 1.84. The van der Waals surface area contributed by atoms with Gasteiger partial charge in [0.15, 0.2) is 0 Å². The highest BCUT2D eigenvalue weighted by molar-refractivity contribution is 5.09. The molecule has 0 saturated heterocycles. The van der Waals surface area contributed by atoms with Crippen LogP contribution in [0.3, 0.4) is 0 Å². The Labute approximate surface area is 63.8 Å². The van der Waals surface area contributed by atoms with Crippen LogP contribution in [0.2, 0.25) is 0 Å². The summed E-state index contributed by atoms with van der Waals surface area (Å²) in [5.41, 5.74) is 1.42. The molecular formula is C9H17N. The summed E-state index contributed by atoms with van der Waals surface area (Å²) in [4.78, 5) is 0. The van der Waals surface area contributed by atoms with Crippen molar-refractivity contribution in [3.05, 3.63) is 23.8 Å². The molecule has 0 radical (unpaired) electrons. The molecule has 0 spiro atoms. The second-order valence-electron chi connectivity index (χ2n) is 2.39. The van der Waals surface area contributed by atoms with E-state index in [0.29, 0.717) is 0 Å². The third kappa shape index (κ3) is 5.57. The first-order valence-corrected chi connectivity index (χ1v) is 3.74. The summed E-state index contributed by atoms with van der Waals surface area (Å²) in [7, 11) is 1.98. The Kier molecular flexibility index (Phi) is 6.19. The minimum atomic E-state index is 1.07. The lowest BCUT2D eigenvalue weighted by atomic mass is 10.2. The van der Waals surface area contributed by atoms with Crippen molar-refractivity contribution in [2.24, 2.45) is 0 Å². The van der Waals surface area contributed by atoms with Crippen LogP contribution in [-0.4, -0.2) is 13.6 Å². The lowest BCUT2D eigenvalue weighted by Crippen LogP contribution is -2.07. The summed E-state index contributed by atoms with van der Waals surface area (Å²) in [6, 6.07) is 0. The molecule has 1 heteroatoms. The van der Waals surface area contributed by atoms with Gasteiger partial charge in [-0.1, -0.05) is 23.8 Å². The second-order valence-corrected chi connectivity index (χ2v) is 2.39. The van der Waals surface area contributed by atoms with Gasteiger partial charge >= 0.3 is 0 Å². The van der Waals surface area contributed by atoms with E-state index in [1.165, 1.54) is 5.57 Å². The Morgan fingerprint density at radius 2 is 2.20 bits per heavy atom. The Balaban J connectivity index is 3.49. The third-order valence-electron chi connectivity index (χ3n) is 1.34. The van der Waals surface area contributed by atoms with E-state index in [1.807, 2.05) is 20.0 Å². The van der Waals surface area contributed by atoms with E-state index < -0.39 is 0 Å². The molecule has 0 aliphatic carbocycles. The molecule has 0 aromatic carbocycles. The van der Waals surface area contributed by atoms with Gasteiger partial charge in [0.2, 0.25) is 0 Å². The molecule has 1 nitrogen and oxygen atoms in total. The Bertz CT molecular complexity index is 123. The molecule has 0 aromatic heterocycles. The zero-order valence-corrected chi connectivity index (χ0v) is 7.15. The van der Waals surface area contributed by atoms with Gasteiger partial charge in [0.1, 0.15) is 0 Å². The van der Waals surface area contributed by atoms with Crippen LogP contribution in [0.4, 0.5) is 0 Å². The third-order valence-corrected chi connectivity index (χ3v) is 1.34. The zero-order chi connectivity index (χ0) is 7.82. The molecule has 0 heterocycles. The number of hydrogen-bond donors (Lipinski definition) is 1. The molecule has 1 N–H and O–H groups in total. The lowest BCUT2D eigenvalue weighted by molar-refractivity contribution is 0.785. The fraction of sp³-hybridized carbons (Fsp3) is 0.556. The summed E-state index contributed by atoms with van der Waals surface area (Å²) in [6.45, 7) is 5.25. The lowest BCUT2D eigenvalue weighted by Gasteiger charge is -1.97. The van der Waals surface area contributed by atoms with Crippen LogP contribution < -0.4 is 5.32 Å². The van der Waals surface area contributed by atoms with Crippen LogP contribution >= 0.6 is 0 Å². The largest absolute Gasteiger partial charge is 0.319 e. The maximum absolute atomic E-state index is 3.11. The van der Waals surface area contributed by atoms with Crippen molar-refractivity contribution in [2.75, 3.05) is 13.6 Å². The number of rotatable bonds is 4. The van der Waals surface area contributed by atoms with Crippen LogP contribution in [0.5, 0.6) is 0 Å². The second kappa shape index (κ2) is 6.56. The van der Waals surface area contributed by atoms with Crippen molar-refractivity contribution in [1.29, 1.82) is 0 Å². The van der Waals surface area contributed by atoms with Crippen molar-refractivity contribution in [3.8, 4) is 0 Å². The molecule has 0 amide bonds. The normalized spacial score (nSPS) is 12.9. The molecule has 0 fully saturated rings. The SMILES string of the molecule is C/C=C\C=C(/C)CCNC. The summed E-state index contributed by atoms with van der Waals surface area (Å²) in [5, 5.41) is 3.11. The Hall–Kier alpha value is -0.560. The van der Waals surface area contributed by atoms with Crippen molar-refractivity contribution in [1.82, 2.24) is 5.32 Å². The van der Waals surface area contributed by atoms with Gasteiger partial charge in [0.25, 0.3) is 0 Å². The average molecular weight is 139 g/mol. The average Bonchev–Trinajstić information content (AvgIpc) is 1.97. The molecule has 0 aromatic rings. The molecule has 0 unspecified atom stereocenters. The molecule has 0 atom stereocenters. The first kappa shape index (κ1) is 9.44. The topological polar surface area (TPSA) is 12.0 Å². The van der Waals surface area contributed by atoms with Crippen LogP contribution in [-0.2, 0) is 0 Å². The van der Waals surface area contributed by atoms with Crippen LogP contribution in [0, 0.1) is 0 Å². The first-order valence-electron chi connectivity index (χ1n) is 3.74. The molecule has 0 saturated carbocycles. The summed E-state index contributed by atoms with van der Waals surface area (Å²) >= 11 is 0. The summed E-state index contributed by atoms with van der Waals surface area (Å²) < 4.78 is 0. The standard InChI is InChI=1S/C9H17N/c1-4-5-6-9(2)7-8-10-3/h4-6,10H,7-8H2,1-3H3/b5-4-,9-6+. The fourth-order valence-corrected chi connectivity index (χ4v) is 0.666. The minimum absolute atomic E-state index is 1.07. The summed E-state index contributed by atoms with van der Waals surface area (Å²) in [5.74, 6) is 0. The highest BCUT2D eigenvalue weighted by Crippen LogP contribution is 1.97. The van der Waals surface area contributed by atoms with Gasteiger partial charge in [-0.15, -0.1) is 0 Å². The molecular weight excluding hydrogens is 122 g/mol. The quantitative estimate of drug-likeness (QED) is 0.588. The van der Waals surface area contributed by atoms with Gasteiger partial charge < -0.3 is 5.32 Å². The number of nitrogens with one attached hydrogen (secondary N) is 1. The van der Waals surface area contributed by atoms with Gasteiger partial charge in [-0.3, -0.25) is 0 Å². The van der Waals surface area contributed by atoms with Gasteiger partial charge in [-0.05, 0) is 33.9 Å². The molecule has 10 heavy (non-hydrogen) atoms. The summed E-state index contributed by atoms with van der Waals surface area (Å²) in [6.07, 6.45) is 7.41. The van der Waals surface area contributed by atoms with E-state index in [1.54, 1.807) is 0 Å². The first-order chi connectivity index (χ1) is 4.81. The van der Waals surface area contributed by atoms with Crippen LogP contribution in [0.1, 0.15) is 20.3 Å². The van der Waals surface area contributed by atoms with Gasteiger partial charge in [-0.25, -0.2) is 0 Å². The predicted molar refractivity (Wildman–Crippen MR) is 47.1 cm³/mol.